The molecule has 1 amide bonds. The van der Waals surface area contributed by atoms with Gasteiger partial charge in [0.15, 0.2) is 6.29 Å². The minimum atomic E-state index is -1.58. The number of aliphatic hydroxyl groups is 5. The van der Waals surface area contributed by atoms with Crippen LogP contribution in [0.3, 0.4) is 0 Å². The zero-order chi connectivity index (χ0) is 50.1. The van der Waals surface area contributed by atoms with Crippen LogP contribution in [0.1, 0.15) is 271 Å². The van der Waals surface area contributed by atoms with Gasteiger partial charge in [0.1, 0.15) is 24.4 Å². The maximum Gasteiger partial charge on any atom is 0.220 e. The predicted octanol–water partition coefficient (Wildman–Crippen LogP) is 14.5. The Balaban J connectivity index is 2.25. The highest BCUT2D eigenvalue weighted by Gasteiger charge is 2.44. The molecule has 1 saturated heterocycles. The van der Waals surface area contributed by atoms with Crippen molar-refractivity contribution in [2.75, 3.05) is 13.2 Å². The molecule has 1 aliphatic heterocycles. The maximum atomic E-state index is 13.0. The van der Waals surface area contributed by atoms with E-state index in [4.69, 9.17) is 9.47 Å². The average molecular weight is 975 g/mol. The molecule has 0 saturated carbocycles. The van der Waals surface area contributed by atoms with Crippen LogP contribution in [0.25, 0.3) is 0 Å². The fourth-order valence-electron chi connectivity index (χ4n) is 9.18. The molecule has 1 fully saturated rings. The number of allylic oxidation sites excluding steroid dienone is 7. The lowest BCUT2D eigenvalue weighted by Crippen LogP contribution is -2.60. The summed E-state index contributed by atoms with van der Waals surface area (Å²) in [7, 11) is 0. The van der Waals surface area contributed by atoms with Gasteiger partial charge < -0.3 is 40.3 Å². The van der Waals surface area contributed by atoms with Gasteiger partial charge >= 0.3 is 0 Å². The molecule has 1 heterocycles. The Kier molecular flexibility index (Phi) is 47.0. The fraction of sp³-hybridized carbons (Fsp3) is 0.850. The van der Waals surface area contributed by atoms with Gasteiger partial charge in [-0.2, -0.15) is 0 Å². The topological polar surface area (TPSA) is 149 Å². The standard InChI is InChI=1S/C60H111NO8/c1-3-5-7-9-11-13-15-17-19-21-23-24-25-26-27-28-29-30-31-32-33-35-37-39-41-43-45-47-49-54(63)53(52-68-60-59(67)58(66)57(65)55(51-62)69-60)61-56(64)50-48-46-44-42-40-38-36-34-22-20-18-16-14-12-10-8-6-4-2/h20,22,32-33,39,41,47,49,53-55,57-60,62-63,65-67H,3-19,21,23-31,34-38,40,42-46,48,50-52H2,1-2H3,(H,61,64)/b22-20-,33-32+,41-39+,49-47+. The molecule has 69 heavy (non-hydrogen) atoms. The van der Waals surface area contributed by atoms with E-state index in [0.29, 0.717) is 6.42 Å². The second kappa shape index (κ2) is 49.7. The number of hydrogen-bond acceptors (Lipinski definition) is 8. The van der Waals surface area contributed by atoms with Crippen molar-refractivity contribution in [1.82, 2.24) is 5.32 Å². The van der Waals surface area contributed by atoms with Crippen LogP contribution < -0.4 is 5.32 Å². The maximum absolute atomic E-state index is 13.0. The van der Waals surface area contributed by atoms with Gasteiger partial charge in [0.25, 0.3) is 0 Å². The molecule has 0 spiro atoms. The molecule has 7 unspecified atom stereocenters. The first kappa shape index (κ1) is 65.2. The van der Waals surface area contributed by atoms with E-state index in [9.17, 15) is 30.3 Å². The molecule has 0 bridgehead atoms. The monoisotopic (exact) mass is 974 g/mol. The highest BCUT2D eigenvalue weighted by molar-refractivity contribution is 5.76. The lowest BCUT2D eigenvalue weighted by atomic mass is 9.99. The van der Waals surface area contributed by atoms with Crippen molar-refractivity contribution in [3.05, 3.63) is 48.6 Å². The van der Waals surface area contributed by atoms with Crippen molar-refractivity contribution in [2.45, 2.75) is 314 Å². The first-order valence-electron chi connectivity index (χ1n) is 29.4. The van der Waals surface area contributed by atoms with E-state index in [1.807, 2.05) is 6.08 Å². The Hall–Kier alpha value is -1.85. The molecule has 0 aromatic heterocycles. The van der Waals surface area contributed by atoms with Crippen molar-refractivity contribution in [3.63, 3.8) is 0 Å². The van der Waals surface area contributed by atoms with Crippen LogP contribution in [0, 0.1) is 0 Å². The number of carbonyl (C=O) groups excluding carboxylic acids is 1. The second-order valence-corrected chi connectivity index (χ2v) is 20.4. The normalized spacial score (nSPS) is 19.8. The van der Waals surface area contributed by atoms with Crippen LogP contribution in [0.15, 0.2) is 48.6 Å². The smallest absolute Gasteiger partial charge is 0.220 e. The molecule has 404 valence electrons. The van der Waals surface area contributed by atoms with Crippen molar-refractivity contribution in [2.24, 2.45) is 0 Å². The highest BCUT2D eigenvalue weighted by atomic mass is 16.7. The Bertz CT molecular complexity index is 1220. The van der Waals surface area contributed by atoms with Crippen LogP contribution >= 0.6 is 0 Å². The minimum absolute atomic E-state index is 0.194. The van der Waals surface area contributed by atoms with E-state index < -0.39 is 49.5 Å². The summed E-state index contributed by atoms with van der Waals surface area (Å²) in [6.07, 6.45) is 59.0. The van der Waals surface area contributed by atoms with Gasteiger partial charge in [-0.1, -0.05) is 242 Å². The molecule has 0 aliphatic carbocycles. The van der Waals surface area contributed by atoms with Gasteiger partial charge in [0.05, 0.1) is 25.4 Å². The number of ether oxygens (including phenoxy) is 2. The number of carbonyl (C=O) groups is 1. The summed E-state index contributed by atoms with van der Waals surface area (Å²) >= 11 is 0. The van der Waals surface area contributed by atoms with Crippen molar-refractivity contribution >= 4 is 5.91 Å². The average Bonchev–Trinajstić information content (AvgIpc) is 3.35. The minimum Gasteiger partial charge on any atom is -0.394 e. The number of amides is 1. The van der Waals surface area contributed by atoms with Crippen molar-refractivity contribution < 1.29 is 39.8 Å². The Morgan fingerprint density at radius 2 is 0.826 bits per heavy atom. The summed E-state index contributed by atoms with van der Waals surface area (Å²) in [6, 6.07) is -0.832. The number of hydrogen-bond donors (Lipinski definition) is 6. The summed E-state index contributed by atoms with van der Waals surface area (Å²) in [5.41, 5.74) is 0. The summed E-state index contributed by atoms with van der Waals surface area (Å²) in [5.74, 6) is -0.194. The second-order valence-electron chi connectivity index (χ2n) is 20.4. The van der Waals surface area contributed by atoms with E-state index in [-0.39, 0.29) is 12.5 Å². The van der Waals surface area contributed by atoms with Gasteiger partial charge in [0, 0.05) is 6.42 Å². The molecule has 1 aliphatic rings. The quantitative estimate of drug-likeness (QED) is 0.0261. The molecule has 7 atom stereocenters. The third-order valence-electron chi connectivity index (χ3n) is 13.9. The number of nitrogens with one attached hydrogen (secondary N) is 1. The SMILES string of the molecule is CCCCCCCCC/C=C\CCCCCCCCCC(=O)NC(COC1OC(CO)C(O)C(O)C1O)C(O)/C=C/CC/C=C/CC/C=C/CCCCCCCCCCCCCCCCCCCC. The summed E-state index contributed by atoms with van der Waals surface area (Å²) in [5, 5.41) is 54.5. The summed E-state index contributed by atoms with van der Waals surface area (Å²) < 4.78 is 11.2. The first-order chi connectivity index (χ1) is 33.8. The van der Waals surface area contributed by atoms with Crippen LogP contribution in [0.2, 0.25) is 0 Å². The highest BCUT2D eigenvalue weighted by Crippen LogP contribution is 2.23. The molecule has 0 aromatic carbocycles. The van der Waals surface area contributed by atoms with Gasteiger partial charge in [-0.05, 0) is 70.6 Å². The zero-order valence-corrected chi connectivity index (χ0v) is 44.8. The lowest BCUT2D eigenvalue weighted by Gasteiger charge is -2.40. The Labute approximate surface area is 424 Å². The van der Waals surface area contributed by atoms with Crippen molar-refractivity contribution in [3.8, 4) is 0 Å². The number of aliphatic hydroxyl groups excluding tert-OH is 5. The van der Waals surface area contributed by atoms with Gasteiger partial charge in [0.2, 0.25) is 5.91 Å². The van der Waals surface area contributed by atoms with Crippen LogP contribution in [0.5, 0.6) is 0 Å². The molecular weight excluding hydrogens is 863 g/mol. The number of rotatable bonds is 50. The van der Waals surface area contributed by atoms with E-state index in [1.165, 1.54) is 193 Å². The van der Waals surface area contributed by atoms with Gasteiger partial charge in [-0.15, -0.1) is 0 Å². The molecule has 9 heteroatoms. The Morgan fingerprint density at radius 3 is 1.22 bits per heavy atom. The van der Waals surface area contributed by atoms with Crippen LogP contribution in [-0.2, 0) is 14.3 Å². The van der Waals surface area contributed by atoms with Crippen molar-refractivity contribution in [1.29, 1.82) is 0 Å². The summed E-state index contributed by atoms with van der Waals surface area (Å²) in [6.45, 7) is 3.77. The van der Waals surface area contributed by atoms with E-state index in [2.05, 4.69) is 55.6 Å². The van der Waals surface area contributed by atoms with E-state index in [0.717, 1.165) is 57.8 Å². The third kappa shape index (κ3) is 39.4. The molecule has 0 aromatic rings. The zero-order valence-electron chi connectivity index (χ0n) is 44.8. The summed E-state index contributed by atoms with van der Waals surface area (Å²) in [4.78, 5) is 13.0. The van der Waals surface area contributed by atoms with E-state index >= 15 is 0 Å². The Morgan fingerprint density at radius 1 is 0.478 bits per heavy atom. The molecule has 1 rings (SSSR count). The molecule has 9 nitrogen and oxygen atoms in total. The molecule has 6 N–H and O–H groups in total. The fourth-order valence-corrected chi connectivity index (χ4v) is 9.18. The lowest BCUT2D eigenvalue weighted by molar-refractivity contribution is -0.302. The van der Waals surface area contributed by atoms with Gasteiger partial charge in [-0.25, -0.2) is 0 Å². The predicted molar refractivity (Wildman–Crippen MR) is 290 cm³/mol. The van der Waals surface area contributed by atoms with E-state index in [1.54, 1.807) is 6.08 Å². The van der Waals surface area contributed by atoms with Crippen LogP contribution in [0.4, 0.5) is 0 Å². The van der Waals surface area contributed by atoms with Crippen LogP contribution in [-0.4, -0.2) is 87.5 Å². The van der Waals surface area contributed by atoms with Gasteiger partial charge in [-0.3, -0.25) is 4.79 Å². The molecule has 0 radical (unpaired) electrons. The first-order valence-corrected chi connectivity index (χ1v) is 29.4. The third-order valence-corrected chi connectivity index (χ3v) is 13.9. The molecular formula is C60H111NO8. The number of unbranched alkanes of at least 4 members (excludes halogenated alkanes) is 34. The largest absolute Gasteiger partial charge is 0.394 e.